The van der Waals surface area contributed by atoms with Crippen LogP contribution in [0, 0.1) is 19.8 Å². The number of nitrogens with zero attached hydrogens (tertiary/aromatic N) is 2. The number of alkyl halides is 1. The normalized spacial score (nSPS) is 12.4. The SMILES string of the molecule is Cc1nc(C(Cl)C(C)C)nc(C)c1O.O. The van der Waals surface area contributed by atoms with E-state index in [1.807, 2.05) is 13.8 Å². The van der Waals surface area contributed by atoms with Crippen LogP contribution in [0.15, 0.2) is 0 Å². The molecule has 1 unspecified atom stereocenters. The van der Waals surface area contributed by atoms with Gasteiger partial charge >= 0.3 is 0 Å². The summed E-state index contributed by atoms with van der Waals surface area (Å²) in [6, 6.07) is 0. The Kier molecular flexibility index (Phi) is 4.97. The van der Waals surface area contributed by atoms with Crippen molar-refractivity contribution in [3.63, 3.8) is 0 Å². The summed E-state index contributed by atoms with van der Waals surface area (Å²) in [7, 11) is 0. The molecule has 0 aromatic carbocycles. The third-order valence-corrected chi connectivity index (χ3v) is 2.78. The van der Waals surface area contributed by atoms with Gasteiger partial charge in [0.05, 0.1) is 16.8 Å². The monoisotopic (exact) mass is 232 g/mol. The summed E-state index contributed by atoms with van der Waals surface area (Å²) in [5.41, 5.74) is 1.16. The number of hydrogen-bond acceptors (Lipinski definition) is 3. The lowest BCUT2D eigenvalue weighted by molar-refractivity contribution is 0.455. The largest absolute Gasteiger partial charge is 0.504 e. The highest BCUT2D eigenvalue weighted by molar-refractivity contribution is 6.20. The quantitative estimate of drug-likeness (QED) is 0.792. The van der Waals surface area contributed by atoms with Crippen molar-refractivity contribution in [3.05, 3.63) is 17.2 Å². The number of aromatic nitrogens is 2. The van der Waals surface area contributed by atoms with Crippen molar-refractivity contribution in [2.24, 2.45) is 5.92 Å². The van der Waals surface area contributed by atoms with Gasteiger partial charge in [0.15, 0.2) is 5.75 Å². The second-order valence-corrected chi connectivity index (χ2v) is 4.22. The van der Waals surface area contributed by atoms with Crippen molar-refractivity contribution in [3.8, 4) is 5.75 Å². The van der Waals surface area contributed by atoms with Crippen LogP contribution < -0.4 is 0 Å². The third-order valence-electron chi connectivity index (χ3n) is 2.08. The lowest BCUT2D eigenvalue weighted by atomic mass is 10.1. The van der Waals surface area contributed by atoms with Crippen molar-refractivity contribution in [2.45, 2.75) is 33.1 Å². The highest BCUT2D eigenvalue weighted by Crippen LogP contribution is 2.28. The fourth-order valence-electron chi connectivity index (χ4n) is 1.16. The summed E-state index contributed by atoms with van der Waals surface area (Å²) >= 11 is 6.13. The van der Waals surface area contributed by atoms with Crippen LogP contribution in [0.5, 0.6) is 5.75 Å². The average molecular weight is 233 g/mol. The maximum atomic E-state index is 9.48. The van der Waals surface area contributed by atoms with E-state index in [1.54, 1.807) is 13.8 Å². The minimum Gasteiger partial charge on any atom is -0.504 e. The van der Waals surface area contributed by atoms with E-state index in [1.165, 1.54) is 0 Å². The maximum absolute atomic E-state index is 9.48. The van der Waals surface area contributed by atoms with Crippen LogP contribution in [0.25, 0.3) is 0 Å². The summed E-state index contributed by atoms with van der Waals surface area (Å²) in [4.78, 5) is 8.32. The second kappa shape index (κ2) is 5.28. The van der Waals surface area contributed by atoms with Crippen LogP contribution in [0.3, 0.4) is 0 Å². The molecule has 0 aliphatic heterocycles. The zero-order valence-electron chi connectivity index (χ0n) is 9.37. The Labute approximate surface area is 94.6 Å². The zero-order chi connectivity index (χ0) is 10.9. The van der Waals surface area contributed by atoms with Crippen LogP contribution >= 0.6 is 11.6 Å². The Balaban J connectivity index is 0.00000196. The molecule has 4 nitrogen and oxygen atoms in total. The number of halogens is 1. The first kappa shape index (κ1) is 14.1. The summed E-state index contributed by atoms with van der Waals surface area (Å²) in [5.74, 6) is 1.02. The number of aromatic hydroxyl groups is 1. The lowest BCUT2D eigenvalue weighted by Gasteiger charge is -2.13. The summed E-state index contributed by atoms with van der Waals surface area (Å²) in [5, 5.41) is 9.28. The van der Waals surface area contributed by atoms with Crippen LogP contribution in [-0.2, 0) is 0 Å². The molecule has 1 aromatic heterocycles. The Morgan fingerprint density at radius 1 is 1.13 bits per heavy atom. The Bertz CT molecular complexity index is 319. The fraction of sp³-hybridized carbons (Fsp3) is 0.600. The van der Waals surface area contributed by atoms with Gasteiger partial charge in [-0.15, -0.1) is 11.6 Å². The molecule has 0 radical (unpaired) electrons. The zero-order valence-corrected chi connectivity index (χ0v) is 10.1. The van der Waals surface area contributed by atoms with E-state index in [2.05, 4.69) is 9.97 Å². The van der Waals surface area contributed by atoms with Gasteiger partial charge in [0.2, 0.25) is 0 Å². The summed E-state index contributed by atoms with van der Waals surface area (Å²) in [6.07, 6.45) is 0. The number of aryl methyl sites for hydroxylation is 2. The van der Waals surface area contributed by atoms with Gasteiger partial charge in [0.1, 0.15) is 5.82 Å². The molecular formula is C10H17ClN2O2. The average Bonchev–Trinajstić information content (AvgIpc) is 2.12. The van der Waals surface area contributed by atoms with Gasteiger partial charge in [-0.2, -0.15) is 0 Å². The fourth-order valence-corrected chi connectivity index (χ4v) is 1.26. The minimum absolute atomic E-state index is 0. The molecule has 0 aliphatic rings. The van der Waals surface area contributed by atoms with E-state index in [0.717, 1.165) is 0 Å². The van der Waals surface area contributed by atoms with E-state index in [9.17, 15) is 5.11 Å². The van der Waals surface area contributed by atoms with E-state index >= 15 is 0 Å². The van der Waals surface area contributed by atoms with Gasteiger partial charge in [0.25, 0.3) is 0 Å². The molecular weight excluding hydrogens is 216 g/mol. The number of rotatable bonds is 2. The van der Waals surface area contributed by atoms with Gasteiger partial charge in [-0.05, 0) is 19.8 Å². The molecule has 86 valence electrons. The van der Waals surface area contributed by atoms with Crippen molar-refractivity contribution in [1.29, 1.82) is 0 Å². The molecule has 0 amide bonds. The molecule has 1 aromatic rings. The van der Waals surface area contributed by atoms with Crippen molar-refractivity contribution < 1.29 is 10.6 Å². The lowest BCUT2D eigenvalue weighted by Crippen LogP contribution is -2.07. The van der Waals surface area contributed by atoms with E-state index < -0.39 is 0 Å². The molecule has 1 rings (SSSR count). The van der Waals surface area contributed by atoms with Crippen LogP contribution in [0.2, 0.25) is 0 Å². The predicted octanol–water partition coefficient (Wildman–Crippen LogP) is 1.91. The highest BCUT2D eigenvalue weighted by Gasteiger charge is 2.17. The van der Waals surface area contributed by atoms with Crippen molar-refractivity contribution >= 4 is 11.6 Å². The Morgan fingerprint density at radius 3 is 1.87 bits per heavy atom. The van der Waals surface area contributed by atoms with Gasteiger partial charge < -0.3 is 10.6 Å². The minimum atomic E-state index is -0.201. The highest BCUT2D eigenvalue weighted by atomic mass is 35.5. The van der Waals surface area contributed by atoms with Gasteiger partial charge in [-0.3, -0.25) is 0 Å². The van der Waals surface area contributed by atoms with E-state index in [-0.39, 0.29) is 22.5 Å². The first-order chi connectivity index (χ1) is 6.43. The van der Waals surface area contributed by atoms with E-state index in [0.29, 0.717) is 17.2 Å². The summed E-state index contributed by atoms with van der Waals surface area (Å²) < 4.78 is 0. The standard InChI is InChI=1S/C10H15ClN2O.H2O/c1-5(2)8(11)10-12-6(3)9(14)7(4)13-10;/h5,8,14H,1-4H3;1H2. The molecule has 5 heteroatoms. The smallest absolute Gasteiger partial charge is 0.158 e. The van der Waals surface area contributed by atoms with Crippen LogP contribution in [0.1, 0.15) is 36.4 Å². The molecule has 1 atom stereocenters. The molecule has 0 saturated carbocycles. The van der Waals surface area contributed by atoms with E-state index in [4.69, 9.17) is 11.6 Å². The molecule has 15 heavy (non-hydrogen) atoms. The second-order valence-electron chi connectivity index (χ2n) is 3.75. The van der Waals surface area contributed by atoms with Gasteiger partial charge in [0, 0.05) is 0 Å². The first-order valence-corrected chi connectivity index (χ1v) is 5.05. The molecule has 0 fully saturated rings. The first-order valence-electron chi connectivity index (χ1n) is 4.61. The Hall–Kier alpha value is -0.870. The summed E-state index contributed by atoms with van der Waals surface area (Å²) in [6.45, 7) is 7.52. The number of hydrogen-bond donors (Lipinski definition) is 1. The molecule has 0 aliphatic carbocycles. The predicted molar refractivity (Wildman–Crippen MR) is 60.2 cm³/mol. The molecule has 0 saturated heterocycles. The molecule has 0 bridgehead atoms. The van der Waals surface area contributed by atoms with Crippen LogP contribution in [0.4, 0.5) is 0 Å². The van der Waals surface area contributed by atoms with Crippen LogP contribution in [-0.4, -0.2) is 20.6 Å². The Morgan fingerprint density at radius 2 is 1.53 bits per heavy atom. The molecule has 3 N–H and O–H groups in total. The van der Waals surface area contributed by atoms with Gasteiger partial charge in [-0.1, -0.05) is 13.8 Å². The third kappa shape index (κ3) is 3.04. The van der Waals surface area contributed by atoms with Crippen molar-refractivity contribution in [1.82, 2.24) is 9.97 Å². The topological polar surface area (TPSA) is 77.5 Å². The van der Waals surface area contributed by atoms with Crippen molar-refractivity contribution in [2.75, 3.05) is 0 Å². The molecule has 0 spiro atoms. The van der Waals surface area contributed by atoms with Gasteiger partial charge in [-0.25, -0.2) is 9.97 Å². The maximum Gasteiger partial charge on any atom is 0.158 e. The molecule has 1 heterocycles.